The summed E-state index contributed by atoms with van der Waals surface area (Å²) < 4.78 is 1.54. The molecule has 0 saturated carbocycles. The van der Waals surface area contributed by atoms with Gasteiger partial charge in [-0.15, -0.1) is 5.10 Å². The van der Waals surface area contributed by atoms with Crippen molar-refractivity contribution < 1.29 is 4.79 Å². The number of hydrogen-bond donors (Lipinski definition) is 1. The Morgan fingerprint density at radius 2 is 2.53 bits per heavy atom. The molecular formula is C10H16N4O. The molecule has 1 N–H and O–H groups in total. The Kier molecular flexibility index (Phi) is 2.56. The Hall–Kier alpha value is -1.23. The molecule has 0 aliphatic carbocycles. The summed E-state index contributed by atoms with van der Waals surface area (Å²) in [5, 5.41) is 10.9. The lowest BCUT2D eigenvalue weighted by atomic mass is 9.87. The molecular weight excluding hydrogens is 192 g/mol. The maximum Gasteiger partial charge on any atom is 0.202 e. The predicted octanol–water partition coefficient (Wildman–Crippen LogP) is 0.530. The molecule has 0 spiro atoms. The Labute approximate surface area is 88.9 Å². The number of hydrogen-bond acceptors (Lipinski definition) is 4. The smallest absolute Gasteiger partial charge is 0.202 e. The van der Waals surface area contributed by atoms with Crippen LogP contribution in [0.1, 0.15) is 36.7 Å². The molecule has 2 heterocycles. The van der Waals surface area contributed by atoms with Crippen molar-refractivity contribution in [2.75, 3.05) is 6.54 Å². The summed E-state index contributed by atoms with van der Waals surface area (Å²) in [7, 11) is 1.75. The Bertz CT molecular complexity index is 365. The van der Waals surface area contributed by atoms with E-state index < -0.39 is 0 Å². The summed E-state index contributed by atoms with van der Waals surface area (Å²) in [6, 6.07) is 0. The third-order valence-corrected chi connectivity index (χ3v) is 3.23. The number of carbonyl (C=O) groups is 1. The molecule has 1 saturated heterocycles. The van der Waals surface area contributed by atoms with Gasteiger partial charge < -0.3 is 5.32 Å². The summed E-state index contributed by atoms with van der Waals surface area (Å²) in [6.45, 7) is 2.96. The van der Waals surface area contributed by atoms with Crippen molar-refractivity contribution in [1.82, 2.24) is 20.3 Å². The van der Waals surface area contributed by atoms with Crippen LogP contribution in [0, 0.1) is 0 Å². The van der Waals surface area contributed by atoms with Gasteiger partial charge in [0.1, 0.15) is 5.69 Å². The van der Waals surface area contributed by atoms with Crippen molar-refractivity contribution >= 4 is 5.78 Å². The SMILES string of the molecule is CCC1(C(=O)c2cnnn2C)CCCN1. The van der Waals surface area contributed by atoms with Gasteiger partial charge in [0.25, 0.3) is 0 Å². The largest absolute Gasteiger partial charge is 0.305 e. The first-order valence-electron chi connectivity index (χ1n) is 5.34. The maximum absolute atomic E-state index is 12.3. The number of carbonyl (C=O) groups excluding carboxylic acids is 1. The summed E-state index contributed by atoms with van der Waals surface area (Å²) in [6.07, 6.45) is 4.33. The number of rotatable bonds is 3. The van der Waals surface area contributed by atoms with E-state index in [0.29, 0.717) is 5.69 Å². The first kappa shape index (κ1) is 10.3. The molecule has 0 aromatic carbocycles. The molecule has 0 amide bonds. The minimum Gasteiger partial charge on any atom is -0.305 e. The van der Waals surface area contributed by atoms with Gasteiger partial charge >= 0.3 is 0 Å². The molecule has 15 heavy (non-hydrogen) atoms. The quantitative estimate of drug-likeness (QED) is 0.736. The van der Waals surface area contributed by atoms with Crippen LogP contribution in [0.4, 0.5) is 0 Å². The highest BCUT2D eigenvalue weighted by atomic mass is 16.1. The zero-order valence-electron chi connectivity index (χ0n) is 9.16. The molecule has 1 aliphatic heterocycles. The molecule has 1 aromatic heterocycles. The van der Waals surface area contributed by atoms with E-state index in [0.717, 1.165) is 25.8 Å². The molecule has 5 heteroatoms. The maximum atomic E-state index is 12.3. The van der Waals surface area contributed by atoms with Crippen LogP contribution < -0.4 is 5.32 Å². The molecule has 0 radical (unpaired) electrons. The van der Waals surface area contributed by atoms with Crippen LogP contribution in [0.2, 0.25) is 0 Å². The molecule has 5 nitrogen and oxygen atoms in total. The van der Waals surface area contributed by atoms with Crippen molar-refractivity contribution in [2.45, 2.75) is 31.7 Å². The van der Waals surface area contributed by atoms with Gasteiger partial charge in [0.2, 0.25) is 5.78 Å². The van der Waals surface area contributed by atoms with Crippen LogP contribution in [0.3, 0.4) is 0 Å². The van der Waals surface area contributed by atoms with Gasteiger partial charge in [-0.05, 0) is 25.8 Å². The number of ketones is 1. The molecule has 1 fully saturated rings. The van der Waals surface area contributed by atoms with E-state index in [1.807, 2.05) is 6.92 Å². The lowest BCUT2D eigenvalue weighted by molar-refractivity contribution is 0.0853. The predicted molar refractivity (Wildman–Crippen MR) is 55.6 cm³/mol. The first-order valence-corrected chi connectivity index (χ1v) is 5.34. The van der Waals surface area contributed by atoms with E-state index >= 15 is 0 Å². The van der Waals surface area contributed by atoms with E-state index in [9.17, 15) is 4.79 Å². The van der Waals surface area contributed by atoms with Crippen molar-refractivity contribution in [2.24, 2.45) is 7.05 Å². The lowest BCUT2D eigenvalue weighted by Gasteiger charge is -2.25. The zero-order valence-corrected chi connectivity index (χ0v) is 9.16. The average Bonchev–Trinajstić information content (AvgIpc) is 2.86. The monoisotopic (exact) mass is 208 g/mol. The average molecular weight is 208 g/mol. The van der Waals surface area contributed by atoms with Gasteiger partial charge in [-0.25, -0.2) is 4.68 Å². The highest BCUT2D eigenvalue weighted by molar-refractivity contribution is 6.01. The second-order valence-corrected chi connectivity index (χ2v) is 4.04. The van der Waals surface area contributed by atoms with Crippen molar-refractivity contribution in [3.63, 3.8) is 0 Å². The molecule has 1 aromatic rings. The molecule has 1 aliphatic rings. The van der Waals surface area contributed by atoms with Crippen LogP contribution in [0.5, 0.6) is 0 Å². The van der Waals surface area contributed by atoms with Crippen LogP contribution >= 0.6 is 0 Å². The van der Waals surface area contributed by atoms with Gasteiger partial charge in [-0.1, -0.05) is 12.1 Å². The van der Waals surface area contributed by atoms with Gasteiger partial charge in [-0.3, -0.25) is 4.79 Å². The summed E-state index contributed by atoms with van der Waals surface area (Å²) in [4.78, 5) is 12.3. The second-order valence-electron chi connectivity index (χ2n) is 4.04. The van der Waals surface area contributed by atoms with Crippen molar-refractivity contribution in [1.29, 1.82) is 0 Å². The van der Waals surface area contributed by atoms with E-state index in [1.165, 1.54) is 0 Å². The van der Waals surface area contributed by atoms with Crippen LogP contribution in [-0.4, -0.2) is 32.9 Å². The first-order chi connectivity index (χ1) is 7.19. The van der Waals surface area contributed by atoms with E-state index in [1.54, 1.807) is 17.9 Å². The van der Waals surface area contributed by atoms with E-state index in [4.69, 9.17) is 0 Å². The Morgan fingerprint density at radius 1 is 1.73 bits per heavy atom. The molecule has 1 atom stereocenters. The lowest BCUT2D eigenvalue weighted by Crippen LogP contribution is -2.47. The third-order valence-electron chi connectivity index (χ3n) is 3.23. The van der Waals surface area contributed by atoms with Gasteiger partial charge in [0.05, 0.1) is 11.7 Å². The van der Waals surface area contributed by atoms with E-state index in [-0.39, 0.29) is 11.3 Å². The van der Waals surface area contributed by atoms with Gasteiger partial charge in [-0.2, -0.15) is 0 Å². The zero-order chi connectivity index (χ0) is 10.9. The normalized spacial score (nSPS) is 25.7. The standard InChI is InChI=1S/C10H16N4O/c1-3-10(5-4-6-11-10)9(15)8-7-12-13-14(8)2/h7,11H,3-6H2,1-2H3. The number of aromatic nitrogens is 3. The molecule has 82 valence electrons. The highest BCUT2D eigenvalue weighted by Crippen LogP contribution is 2.26. The summed E-state index contributed by atoms with van der Waals surface area (Å²) >= 11 is 0. The van der Waals surface area contributed by atoms with Crippen LogP contribution in [-0.2, 0) is 7.05 Å². The highest BCUT2D eigenvalue weighted by Gasteiger charge is 2.40. The van der Waals surface area contributed by atoms with Crippen LogP contribution in [0.15, 0.2) is 6.20 Å². The van der Waals surface area contributed by atoms with Crippen molar-refractivity contribution in [3.8, 4) is 0 Å². The summed E-state index contributed by atoms with van der Waals surface area (Å²) in [5.74, 6) is 0.120. The minimum atomic E-state index is -0.379. The Balaban J connectivity index is 2.30. The number of Topliss-reactive ketones (excluding diaryl/α,β-unsaturated/α-hetero) is 1. The topological polar surface area (TPSA) is 59.8 Å². The summed E-state index contributed by atoms with van der Waals surface area (Å²) in [5.41, 5.74) is 0.210. The Morgan fingerprint density at radius 3 is 3.00 bits per heavy atom. The fraction of sp³-hybridized carbons (Fsp3) is 0.700. The molecule has 2 rings (SSSR count). The second kappa shape index (κ2) is 3.73. The van der Waals surface area contributed by atoms with E-state index in [2.05, 4.69) is 15.6 Å². The number of nitrogens with zero attached hydrogens (tertiary/aromatic N) is 3. The fourth-order valence-electron chi connectivity index (χ4n) is 2.20. The molecule has 1 unspecified atom stereocenters. The van der Waals surface area contributed by atoms with Gasteiger partial charge in [0, 0.05) is 7.05 Å². The van der Waals surface area contributed by atoms with Crippen LogP contribution in [0.25, 0.3) is 0 Å². The minimum absolute atomic E-state index is 0.120. The molecule has 0 bridgehead atoms. The third kappa shape index (κ3) is 1.56. The number of nitrogens with one attached hydrogen (secondary N) is 1. The number of aryl methyl sites for hydroxylation is 1. The van der Waals surface area contributed by atoms with Gasteiger partial charge in [0.15, 0.2) is 0 Å². The van der Waals surface area contributed by atoms with Crippen molar-refractivity contribution in [3.05, 3.63) is 11.9 Å². The fourth-order valence-corrected chi connectivity index (χ4v) is 2.20.